The van der Waals surface area contributed by atoms with E-state index in [1.54, 1.807) is 11.0 Å². The Kier molecular flexibility index (Phi) is 5.79. The molecule has 6 rings (SSSR count). The van der Waals surface area contributed by atoms with Gasteiger partial charge in [0, 0.05) is 6.54 Å². The van der Waals surface area contributed by atoms with Gasteiger partial charge in [-0.3, -0.25) is 9.59 Å². The van der Waals surface area contributed by atoms with Crippen LogP contribution in [0.2, 0.25) is 0 Å². The Hall–Kier alpha value is -4.33. The van der Waals surface area contributed by atoms with Gasteiger partial charge >= 0.3 is 0 Å². The summed E-state index contributed by atoms with van der Waals surface area (Å²) in [6, 6.07) is 15.8. The molecule has 1 amide bonds. The zero-order valence-corrected chi connectivity index (χ0v) is 20.2. The van der Waals surface area contributed by atoms with Crippen LogP contribution in [0.5, 0.6) is 17.2 Å². The van der Waals surface area contributed by atoms with Gasteiger partial charge in [0.05, 0.1) is 23.6 Å². The number of rotatable bonds is 7. The second-order valence-corrected chi connectivity index (χ2v) is 9.11. The highest BCUT2D eigenvalue weighted by Crippen LogP contribution is 2.41. The van der Waals surface area contributed by atoms with Crippen molar-refractivity contribution < 1.29 is 27.8 Å². The van der Waals surface area contributed by atoms with Crippen molar-refractivity contribution in [2.75, 3.05) is 13.4 Å². The zero-order valence-electron chi connectivity index (χ0n) is 20.2. The van der Waals surface area contributed by atoms with Crippen molar-refractivity contribution in [2.24, 2.45) is 0 Å². The number of hydrogen-bond acceptors (Lipinski definition) is 6. The molecule has 188 valence electrons. The SMILES string of the molecule is CCCCOc1ccc(C2c3c(oc4ccc(F)cc4c3=O)C(=O)N2Cc2ccc3c(c2)OCO3)cc1. The van der Waals surface area contributed by atoms with Gasteiger partial charge in [-0.2, -0.15) is 0 Å². The van der Waals surface area contributed by atoms with Gasteiger partial charge in [0.15, 0.2) is 16.9 Å². The summed E-state index contributed by atoms with van der Waals surface area (Å²) in [5.74, 6) is 0.952. The number of nitrogens with zero attached hydrogens (tertiary/aromatic N) is 1. The Morgan fingerprint density at radius 1 is 1.00 bits per heavy atom. The van der Waals surface area contributed by atoms with Crippen LogP contribution in [0, 0.1) is 5.82 Å². The summed E-state index contributed by atoms with van der Waals surface area (Å²) in [6.45, 7) is 3.04. The fourth-order valence-electron chi connectivity index (χ4n) is 4.82. The average molecular weight is 502 g/mol. The number of halogens is 1. The van der Waals surface area contributed by atoms with Gasteiger partial charge in [0.2, 0.25) is 12.6 Å². The van der Waals surface area contributed by atoms with Crippen molar-refractivity contribution in [3.8, 4) is 17.2 Å². The maximum atomic E-state index is 14.0. The number of carbonyl (C=O) groups is 1. The van der Waals surface area contributed by atoms with Crippen LogP contribution >= 0.6 is 0 Å². The number of ether oxygens (including phenoxy) is 3. The van der Waals surface area contributed by atoms with E-state index >= 15 is 0 Å². The Labute approximate surface area is 212 Å². The predicted octanol–water partition coefficient (Wildman–Crippen LogP) is 5.59. The van der Waals surface area contributed by atoms with Crippen LogP contribution in [0.25, 0.3) is 11.0 Å². The van der Waals surface area contributed by atoms with Crippen molar-refractivity contribution in [3.05, 3.63) is 99.2 Å². The number of hydrogen-bond donors (Lipinski definition) is 0. The molecule has 2 aliphatic rings. The number of fused-ring (bicyclic) bond motifs is 3. The molecule has 0 saturated carbocycles. The Morgan fingerprint density at radius 3 is 2.62 bits per heavy atom. The zero-order chi connectivity index (χ0) is 25.5. The van der Waals surface area contributed by atoms with Crippen molar-refractivity contribution in [1.82, 2.24) is 4.90 Å². The van der Waals surface area contributed by atoms with Crippen LogP contribution < -0.4 is 19.6 Å². The molecule has 0 fully saturated rings. The summed E-state index contributed by atoms with van der Waals surface area (Å²) in [7, 11) is 0. The lowest BCUT2D eigenvalue weighted by Crippen LogP contribution is -2.29. The monoisotopic (exact) mass is 501 g/mol. The minimum absolute atomic E-state index is 0.0295. The molecule has 37 heavy (non-hydrogen) atoms. The number of unbranched alkanes of at least 4 members (excludes halogenated alkanes) is 1. The van der Waals surface area contributed by atoms with Gasteiger partial charge in [-0.05, 0) is 60.0 Å². The van der Waals surface area contributed by atoms with E-state index < -0.39 is 23.2 Å². The first-order valence-corrected chi connectivity index (χ1v) is 12.2. The molecule has 3 heterocycles. The van der Waals surface area contributed by atoms with E-state index in [-0.39, 0.29) is 35.6 Å². The molecule has 0 aliphatic carbocycles. The van der Waals surface area contributed by atoms with Gasteiger partial charge in [0.1, 0.15) is 17.1 Å². The van der Waals surface area contributed by atoms with Crippen molar-refractivity contribution >= 4 is 16.9 Å². The van der Waals surface area contributed by atoms with Crippen LogP contribution in [0.1, 0.15) is 53.1 Å². The summed E-state index contributed by atoms with van der Waals surface area (Å²) >= 11 is 0. The second kappa shape index (κ2) is 9.28. The minimum Gasteiger partial charge on any atom is -0.494 e. The van der Waals surface area contributed by atoms with E-state index in [4.69, 9.17) is 18.6 Å². The lowest BCUT2D eigenvalue weighted by Gasteiger charge is -2.25. The molecular weight excluding hydrogens is 477 g/mol. The molecule has 7 nitrogen and oxygen atoms in total. The molecular formula is C29H24FNO6. The third-order valence-corrected chi connectivity index (χ3v) is 6.68. The molecule has 0 bridgehead atoms. The molecule has 0 N–H and O–H groups in total. The van der Waals surface area contributed by atoms with E-state index in [0.29, 0.717) is 23.9 Å². The Bertz CT molecular complexity index is 1560. The summed E-state index contributed by atoms with van der Waals surface area (Å²) in [5.41, 5.74) is 1.47. The molecule has 8 heteroatoms. The summed E-state index contributed by atoms with van der Waals surface area (Å²) in [5, 5.41) is 0.0981. The van der Waals surface area contributed by atoms with Gasteiger partial charge < -0.3 is 23.5 Å². The van der Waals surface area contributed by atoms with Gasteiger partial charge in [-0.1, -0.05) is 31.5 Å². The standard InChI is InChI=1S/C29H24FNO6/c1-2-3-12-34-20-8-5-18(6-9-20)26-25-27(32)21-14-19(30)7-11-22(21)37-28(25)29(33)31(26)15-17-4-10-23-24(13-17)36-16-35-23/h4-11,13-14,26H,2-3,12,15-16H2,1H3. The molecule has 1 atom stereocenters. The molecule has 0 radical (unpaired) electrons. The van der Waals surface area contributed by atoms with Crippen molar-refractivity contribution in [2.45, 2.75) is 32.4 Å². The first kappa shape index (κ1) is 23.1. The van der Waals surface area contributed by atoms with Gasteiger partial charge in [0.25, 0.3) is 5.91 Å². The van der Waals surface area contributed by atoms with E-state index in [2.05, 4.69) is 6.92 Å². The van der Waals surface area contributed by atoms with E-state index in [1.165, 1.54) is 12.1 Å². The normalized spacial score (nSPS) is 15.9. The molecule has 0 spiro atoms. The highest BCUT2D eigenvalue weighted by molar-refractivity contribution is 5.99. The first-order chi connectivity index (χ1) is 18.0. The Balaban J connectivity index is 1.44. The number of benzene rings is 3. The number of amides is 1. The molecule has 3 aromatic carbocycles. The first-order valence-electron chi connectivity index (χ1n) is 12.2. The summed E-state index contributed by atoms with van der Waals surface area (Å²) in [6.07, 6.45) is 1.97. The van der Waals surface area contributed by atoms with Crippen molar-refractivity contribution in [3.63, 3.8) is 0 Å². The minimum atomic E-state index is -0.721. The third-order valence-electron chi connectivity index (χ3n) is 6.68. The highest BCUT2D eigenvalue weighted by Gasteiger charge is 2.43. The van der Waals surface area contributed by atoms with Crippen molar-refractivity contribution in [1.29, 1.82) is 0 Å². The van der Waals surface area contributed by atoms with Crippen LogP contribution in [0.15, 0.2) is 69.9 Å². The van der Waals surface area contributed by atoms with Gasteiger partial charge in [-0.15, -0.1) is 0 Å². The lowest BCUT2D eigenvalue weighted by molar-refractivity contribution is 0.0714. The van der Waals surface area contributed by atoms with E-state index in [9.17, 15) is 14.0 Å². The van der Waals surface area contributed by atoms with Crippen LogP contribution in [0.4, 0.5) is 4.39 Å². The fourth-order valence-corrected chi connectivity index (χ4v) is 4.82. The topological polar surface area (TPSA) is 78.2 Å². The highest BCUT2D eigenvalue weighted by atomic mass is 19.1. The van der Waals surface area contributed by atoms with Crippen LogP contribution in [-0.2, 0) is 6.54 Å². The third kappa shape index (κ3) is 4.08. The fraction of sp³-hybridized carbons (Fsp3) is 0.241. The second-order valence-electron chi connectivity index (χ2n) is 9.11. The summed E-state index contributed by atoms with van der Waals surface area (Å²) in [4.78, 5) is 28.9. The van der Waals surface area contributed by atoms with E-state index in [1.807, 2.05) is 36.4 Å². The molecule has 4 aromatic rings. The average Bonchev–Trinajstić information content (AvgIpc) is 3.48. The molecule has 0 saturated heterocycles. The molecule has 1 unspecified atom stereocenters. The predicted molar refractivity (Wildman–Crippen MR) is 134 cm³/mol. The number of carbonyl (C=O) groups excluding carboxylic acids is 1. The smallest absolute Gasteiger partial charge is 0.291 e. The maximum Gasteiger partial charge on any atom is 0.291 e. The van der Waals surface area contributed by atoms with Crippen LogP contribution in [0.3, 0.4) is 0 Å². The quantitative estimate of drug-likeness (QED) is 0.308. The Morgan fingerprint density at radius 2 is 1.81 bits per heavy atom. The molecule has 1 aromatic heterocycles. The lowest BCUT2D eigenvalue weighted by atomic mass is 9.98. The summed E-state index contributed by atoms with van der Waals surface area (Å²) < 4.78 is 36.6. The molecule has 2 aliphatic heterocycles. The maximum absolute atomic E-state index is 14.0. The largest absolute Gasteiger partial charge is 0.494 e. The van der Waals surface area contributed by atoms with Gasteiger partial charge in [-0.25, -0.2) is 4.39 Å². The van der Waals surface area contributed by atoms with Crippen LogP contribution in [-0.4, -0.2) is 24.2 Å². The van der Waals surface area contributed by atoms with E-state index in [0.717, 1.165) is 30.0 Å².